The van der Waals surface area contributed by atoms with E-state index in [0.717, 1.165) is 27.7 Å². The Hall–Kier alpha value is -2.77. The molecule has 0 aliphatic carbocycles. The number of carbonyl (C=O) groups is 1. The van der Waals surface area contributed by atoms with Gasteiger partial charge in [-0.1, -0.05) is 12.1 Å². The van der Waals surface area contributed by atoms with Crippen LogP contribution in [0, 0.1) is 20.8 Å². The van der Waals surface area contributed by atoms with Crippen molar-refractivity contribution in [2.24, 2.45) is 0 Å². The standard InChI is InChI=1S/C20H17N3O2S2/c1-11-7-8-17(25-11)20-21-12(2)18(27-20)19(24)23-15-6-4-5-14(9-15)16-10-26-13(3)22-16/h4-10H,1-3H3,(H,23,24). The fraction of sp³-hybridized carbons (Fsp3) is 0.150. The van der Waals surface area contributed by atoms with Gasteiger partial charge in [0.25, 0.3) is 5.91 Å². The number of thiazole rings is 2. The molecule has 27 heavy (non-hydrogen) atoms. The smallest absolute Gasteiger partial charge is 0.267 e. The van der Waals surface area contributed by atoms with E-state index in [1.165, 1.54) is 11.3 Å². The van der Waals surface area contributed by atoms with E-state index >= 15 is 0 Å². The molecule has 1 N–H and O–H groups in total. The first-order valence-corrected chi connectivity index (χ1v) is 10.1. The fourth-order valence-electron chi connectivity index (χ4n) is 2.70. The van der Waals surface area contributed by atoms with Crippen molar-refractivity contribution in [3.8, 4) is 22.0 Å². The number of carbonyl (C=O) groups excluding carboxylic acids is 1. The third-order valence-corrected chi connectivity index (χ3v) is 5.93. The van der Waals surface area contributed by atoms with Crippen molar-refractivity contribution < 1.29 is 9.21 Å². The van der Waals surface area contributed by atoms with Gasteiger partial charge in [-0.05, 0) is 45.0 Å². The molecule has 0 spiro atoms. The molecule has 0 aliphatic heterocycles. The summed E-state index contributed by atoms with van der Waals surface area (Å²) in [4.78, 5) is 22.3. The average Bonchev–Trinajstić information content (AvgIpc) is 3.35. The molecule has 136 valence electrons. The summed E-state index contributed by atoms with van der Waals surface area (Å²) in [6.07, 6.45) is 0. The number of anilines is 1. The average molecular weight is 396 g/mol. The molecule has 1 aromatic carbocycles. The third kappa shape index (κ3) is 3.70. The molecule has 4 aromatic rings. The van der Waals surface area contributed by atoms with Crippen LogP contribution in [0.15, 0.2) is 46.2 Å². The minimum Gasteiger partial charge on any atom is -0.459 e. The lowest BCUT2D eigenvalue weighted by molar-refractivity contribution is 0.103. The van der Waals surface area contributed by atoms with Gasteiger partial charge in [-0.3, -0.25) is 4.79 Å². The van der Waals surface area contributed by atoms with Crippen LogP contribution in [0.5, 0.6) is 0 Å². The second kappa shape index (κ2) is 7.09. The first-order chi connectivity index (χ1) is 13.0. The lowest BCUT2D eigenvalue weighted by Crippen LogP contribution is -2.11. The van der Waals surface area contributed by atoms with Crippen molar-refractivity contribution in [3.05, 3.63) is 63.1 Å². The molecule has 4 rings (SSSR count). The molecule has 5 nitrogen and oxygen atoms in total. The number of aromatic nitrogens is 2. The Balaban J connectivity index is 1.57. The molecule has 0 aliphatic rings. The molecule has 0 bridgehead atoms. The van der Waals surface area contributed by atoms with Crippen LogP contribution >= 0.6 is 22.7 Å². The van der Waals surface area contributed by atoms with Crippen molar-refractivity contribution in [1.29, 1.82) is 0 Å². The molecule has 0 atom stereocenters. The molecule has 0 fully saturated rings. The first kappa shape index (κ1) is 17.6. The van der Waals surface area contributed by atoms with Gasteiger partial charge in [0.15, 0.2) is 10.8 Å². The highest BCUT2D eigenvalue weighted by Gasteiger charge is 2.18. The van der Waals surface area contributed by atoms with Gasteiger partial charge in [-0.25, -0.2) is 9.97 Å². The second-order valence-corrected chi connectivity index (χ2v) is 8.19. The maximum Gasteiger partial charge on any atom is 0.267 e. The van der Waals surface area contributed by atoms with Gasteiger partial charge < -0.3 is 9.73 Å². The van der Waals surface area contributed by atoms with E-state index in [1.54, 1.807) is 11.3 Å². The van der Waals surface area contributed by atoms with Crippen molar-refractivity contribution in [3.63, 3.8) is 0 Å². The Morgan fingerprint density at radius 3 is 2.67 bits per heavy atom. The van der Waals surface area contributed by atoms with E-state index in [9.17, 15) is 4.79 Å². The van der Waals surface area contributed by atoms with E-state index in [2.05, 4.69) is 15.3 Å². The number of amides is 1. The monoisotopic (exact) mass is 395 g/mol. The van der Waals surface area contributed by atoms with E-state index in [0.29, 0.717) is 21.3 Å². The van der Waals surface area contributed by atoms with Gasteiger partial charge in [0.1, 0.15) is 10.6 Å². The number of nitrogens with one attached hydrogen (secondary N) is 1. The topological polar surface area (TPSA) is 68.0 Å². The van der Waals surface area contributed by atoms with Crippen LogP contribution in [-0.4, -0.2) is 15.9 Å². The summed E-state index contributed by atoms with van der Waals surface area (Å²) in [5, 5.41) is 6.70. The predicted molar refractivity (Wildman–Crippen MR) is 110 cm³/mol. The Kier molecular flexibility index (Phi) is 4.63. The van der Waals surface area contributed by atoms with Crippen LogP contribution < -0.4 is 5.32 Å². The Labute approximate surface area is 164 Å². The maximum absolute atomic E-state index is 12.8. The molecular formula is C20H17N3O2S2. The largest absolute Gasteiger partial charge is 0.459 e. The summed E-state index contributed by atoms with van der Waals surface area (Å²) >= 11 is 2.94. The van der Waals surface area contributed by atoms with Gasteiger partial charge in [0.05, 0.1) is 16.4 Å². The highest BCUT2D eigenvalue weighted by atomic mass is 32.1. The van der Waals surface area contributed by atoms with E-state index in [-0.39, 0.29) is 5.91 Å². The Morgan fingerprint density at radius 2 is 1.96 bits per heavy atom. The molecule has 3 heterocycles. The van der Waals surface area contributed by atoms with Crippen molar-refractivity contribution in [2.45, 2.75) is 20.8 Å². The second-order valence-electron chi connectivity index (χ2n) is 6.13. The first-order valence-electron chi connectivity index (χ1n) is 8.38. The number of hydrogen-bond donors (Lipinski definition) is 1. The van der Waals surface area contributed by atoms with Gasteiger partial charge >= 0.3 is 0 Å². The summed E-state index contributed by atoms with van der Waals surface area (Å²) in [6.45, 7) is 5.69. The summed E-state index contributed by atoms with van der Waals surface area (Å²) in [6, 6.07) is 11.5. The molecule has 1 amide bonds. The minimum absolute atomic E-state index is 0.175. The number of aryl methyl sites for hydroxylation is 3. The summed E-state index contributed by atoms with van der Waals surface area (Å²) in [5.41, 5.74) is 3.31. The maximum atomic E-state index is 12.8. The lowest BCUT2D eigenvalue weighted by Gasteiger charge is -2.05. The van der Waals surface area contributed by atoms with Crippen molar-refractivity contribution in [2.75, 3.05) is 5.32 Å². The minimum atomic E-state index is -0.175. The molecule has 7 heteroatoms. The van der Waals surface area contributed by atoms with Crippen LogP contribution in [-0.2, 0) is 0 Å². The molecule has 0 unspecified atom stereocenters. The van der Waals surface area contributed by atoms with Crippen molar-refractivity contribution in [1.82, 2.24) is 9.97 Å². The predicted octanol–water partition coefficient (Wildman–Crippen LogP) is 5.70. The van der Waals surface area contributed by atoms with E-state index in [1.807, 2.05) is 62.5 Å². The number of benzene rings is 1. The molecule has 0 saturated heterocycles. The molecule has 3 aromatic heterocycles. The van der Waals surface area contributed by atoms with Gasteiger partial charge in [-0.15, -0.1) is 22.7 Å². The number of rotatable bonds is 4. The van der Waals surface area contributed by atoms with Crippen LogP contribution in [0.1, 0.15) is 26.1 Å². The van der Waals surface area contributed by atoms with Crippen molar-refractivity contribution >= 4 is 34.3 Å². The van der Waals surface area contributed by atoms with Gasteiger partial charge in [0, 0.05) is 16.6 Å². The Morgan fingerprint density at radius 1 is 1.11 bits per heavy atom. The highest BCUT2D eigenvalue weighted by Crippen LogP contribution is 2.30. The zero-order valence-corrected chi connectivity index (χ0v) is 16.7. The summed E-state index contributed by atoms with van der Waals surface area (Å²) < 4.78 is 5.61. The lowest BCUT2D eigenvalue weighted by atomic mass is 10.1. The number of furan rings is 1. The fourth-order valence-corrected chi connectivity index (χ4v) is 4.25. The number of nitrogens with zero attached hydrogens (tertiary/aromatic N) is 2. The van der Waals surface area contributed by atoms with Crippen LogP contribution in [0.3, 0.4) is 0 Å². The van der Waals surface area contributed by atoms with Crippen LogP contribution in [0.25, 0.3) is 22.0 Å². The Bertz CT molecular complexity index is 1120. The quantitative estimate of drug-likeness (QED) is 0.481. The zero-order chi connectivity index (χ0) is 19.0. The van der Waals surface area contributed by atoms with E-state index < -0.39 is 0 Å². The molecule has 0 radical (unpaired) electrons. The normalized spacial score (nSPS) is 10.9. The van der Waals surface area contributed by atoms with Crippen LogP contribution in [0.4, 0.5) is 5.69 Å². The zero-order valence-electron chi connectivity index (χ0n) is 15.1. The highest BCUT2D eigenvalue weighted by molar-refractivity contribution is 7.17. The SMILES string of the molecule is Cc1ccc(-c2nc(C)c(C(=O)Nc3cccc(-c4csc(C)n4)c3)s2)o1. The van der Waals surface area contributed by atoms with E-state index in [4.69, 9.17) is 4.42 Å². The van der Waals surface area contributed by atoms with Gasteiger partial charge in [-0.2, -0.15) is 0 Å². The number of hydrogen-bond acceptors (Lipinski definition) is 6. The van der Waals surface area contributed by atoms with Crippen LogP contribution in [0.2, 0.25) is 0 Å². The third-order valence-electron chi connectivity index (χ3n) is 3.99. The summed E-state index contributed by atoms with van der Waals surface area (Å²) in [7, 11) is 0. The summed E-state index contributed by atoms with van der Waals surface area (Å²) in [5.74, 6) is 1.32. The molecular weight excluding hydrogens is 378 g/mol. The van der Waals surface area contributed by atoms with Gasteiger partial charge in [0.2, 0.25) is 0 Å². The molecule has 0 saturated carbocycles.